The summed E-state index contributed by atoms with van der Waals surface area (Å²) in [6, 6.07) is 3.44. The van der Waals surface area contributed by atoms with E-state index in [0.717, 1.165) is 17.8 Å². The van der Waals surface area contributed by atoms with Gasteiger partial charge in [-0.2, -0.15) is 0 Å². The van der Waals surface area contributed by atoms with Crippen molar-refractivity contribution in [3.05, 3.63) is 29.0 Å². The van der Waals surface area contributed by atoms with Gasteiger partial charge >= 0.3 is 6.03 Å². The van der Waals surface area contributed by atoms with Gasteiger partial charge in [0.15, 0.2) is 0 Å². The second-order valence-electron chi connectivity index (χ2n) is 5.70. The lowest BCUT2D eigenvalue weighted by Crippen LogP contribution is -2.19. The summed E-state index contributed by atoms with van der Waals surface area (Å²) in [6.45, 7) is 0. The molecule has 2 N–H and O–H groups in total. The van der Waals surface area contributed by atoms with Crippen molar-refractivity contribution in [2.75, 3.05) is 17.7 Å². The first-order valence-electron chi connectivity index (χ1n) is 7.90. The highest BCUT2D eigenvalue weighted by molar-refractivity contribution is 7.15. The average Bonchev–Trinajstić information content (AvgIpc) is 3.05. The third kappa shape index (κ3) is 4.00. The average molecular weight is 350 g/mol. The third-order valence-electron chi connectivity index (χ3n) is 4.03. The molecule has 0 bridgehead atoms. The van der Waals surface area contributed by atoms with Gasteiger partial charge in [-0.1, -0.05) is 30.6 Å². The number of nitrogens with zero attached hydrogens (tertiary/aromatic N) is 2. The number of hydrogen-bond donors (Lipinski definition) is 2. The number of hydrogen-bond acceptors (Lipinski definition) is 5. The van der Waals surface area contributed by atoms with E-state index in [9.17, 15) is 9.18 Å². The summed E-state index contributed by atoms with van der Waals surface area (Å²) in [5.41, 5.74) is 0.383. The number of rotatable bonds is 4. The number of aromatic nitrogens is 2. The highest BCUT2D eigenvalue weighted by Gasteiger charge is 2.20. The molecule has 0 saturated heterocycles. The molecule has 2 aromatic rings. The molecule has 1 saturated carbocycles. The summed E-state index contributed by atoms with van der Waals surface area (Å²) in [5, 5.41) is 14.9. The first kappa shape index (κ1) is 16.6. The molecule has 0 spiro atoms. The summed E-state index contributed by atoms with van der Waals surface area (Å²) >= 11 is 1.41. The van der Waals surface area contributed by atoms with Crippen LogP contribution in [0.4, 0.5) is 20.0 Å². The van der Waals surface area contributed by atoms with Crippen LogP contribution in [0.5, 0.6) is 5.75 Å². The van der Waals surface area contributed by atoms with Crippen LogP contribution in [-0.2, 0) is 0 Å². The number of amides is 2. The number of halogens is 1. The van der Waals surface area contributed by atoms with E-state index in [1.54, 1.807) is 0 Å². The van der Waals surface area contributed by atoms with E-state index in [-0.39, 0.29) is 5.75 Å². The number of carbonyl (C=O) groups excluding carboxylic acids is 1. The Bertz CT molecular complexity index is 716. The lowest BCUT2D eigenvalue weighted by Gasteiger charge is -2.18. The van der Waals surface area contributed by atoms with Crippen LogP contribution in [-0.4, -0.2) is 23.3 Å². The fourth-order valence-electron chi connectivity index (χ4n) is 2.82. The van der Waals surface area contributed by atoms with Crippen molar-refractivity contribution in [2.45, 2.75) is 38.0 Å². The number of carbonyl (C=O) groups is 1. The number of methoxy groups -OCH3 is 1. The van der Waals surface area contributed by atoms with Gasteiger partial charge in [0.2, 0.25) is 5.13 Å². The van der Waals surface area contributed by atoms with E-state index >= 15 is 0 Å². The molecule has 1 heterocycles. The smallest absolute Gasteiger partial charge is 0.325 e. The van der Waals surface area contributed by atoms with Gasteiger partial charge in [-0.3, -0.25) is 5.32 Å². The van der Waals surface area contributed by atoms with Gasteiger partial charge in [-0.15, -0.1) is 10.2 Å². The summed E-state index contributed by atoms with van der Waals surface area (Å²) in [4.78, 5) is 12.1. The van der Waals surface area contributed by atoms with Gasteiger partial charge in [0.05, 0.1) is 12.8 Å². The zero-order chi connectivity index (χ0) is 16.9. The zero-order valence-electron chi connectivity index (χ0n) is 13.3. The fraction of sp³-hybridized carbons (Fsp3) is 0.438. The Kier molecular flexibility index (Phi) is 5.24. The monoisotopic (exact) mass is 350 g/mol. The summed E-state index contributed by atoms with van der Waals surface area (Å²) in [6.07, 6.45) is 5.99. The fourth-order valence-corrected chi connectivity index (χ4v) is 3.73. The van der Waals surface area contributed by atoms with Gasteiger partial charge < -0.3 is 10.1 Å². The van der Waals surface area contributed by atoms with Gasteiger partial charge in [0.25, 0.3) is 0 Å². The first-order valence-corrected chi connectivity index (χ1v) is 8.72. The SMILES string of the molecule is COc1cc(F)ccc1NC(=O)Nc1nnc(C2CCCCC2)s1. The van der Waals surface area contributed by atoms with Crippen molar-refractivity contribution in [1.29, 1.82) is 0 Å². The van der Waals surface area contributed by atoms with E-state index in [4.69, 9.17) is 4.74 Å². The molecular weight excluding hydrogens is 331 g/mol. The lowest BCUT2D eigenvalue weighted by atomic mass is 9.90. The van der Waals surface area contributed by atoms with Crippen LogP contribution in [0.25, 0.3) is 0 Å². The molecule has 1 fully saturated rings. The highest BCUT2D eigenvalue weighted by Crippen LogP contribution is 2.35. The van der Waals surface area contributed by atoms with Crippen LogP contribution < -0.4 is 15.4 Å². The number of urea groups is 1. The van der Waals surface area contributed by atoms with Gasteiger partial charge in [0.1, 0.15) is 16.6 Å². The number of nitrogens with one attached hydrogen (secondary N) is 2. The molecule has 0 atom stereocenters. The van der Waals surface area contributed by atoms with Crippen LogP contribution in [0, 0.1) is 5.82 Å². The minimum absolute atomic E-state index is 0.255. The van der Waals surface area contributed by atoms with Crippen LogP contribution in [0.1, 0.15) is 43.0 Å². The van der Waals surface area contributed by atoms with E-state index in [0.29, 0.717) is 16.7 Å². The Balaban J connectivity index is 1.62. The third-order valence-corrected chi connectivity index (χ3v) is 5.03. The number of ether oxygens (including phenoxy) is 1. The highest BCUT2D eigenvalue weighted by atomic mass is 32.1. The maximum absolute atomic E-state index is 13.2. The molecule has 3 rings (SSSR count). The molecule has 1 aromatic heterocycles. The molecular formula is C16H19FN4O2S. The molecule has 1 aliphatic carbocycles. The normalized spacial score (nSPS) is 15.1. The van der Waals surface area contributed by atoms with Crippen LogP contribution in [0.3, 0.4) is 0 Å². The molecule has 2 amide bonds. The molecule has 24 heavy (non-hydrogen) atoms. The molecule has 0 radical (unpaired) electrons. The Morgan fingerprint density at radius 3 is 2.79 bits per heavy atom. The zero-order valence-corrected chi connectivity index (χ0v) is 14.2. The topological polar surface area (TPSA) is 76.1 Å². The van der Waals surface area contributed by atoms with E-state index in [1.807, 2.05) is 0 Å². The summed E-state index contributed by atoms with van der Waals surface area (Å²) < 4.78 is 18.2. The van der Waals surface area contributed by atoms with E-state index in [1.165, 1.54) is 55.9 Å². The lowest BCUT2D eigenvalue weighted by molar-refractivity contribution is 0.262. The van der Waals surface area contributed by atoms with Crippen LogP contribution >= 0.6 is 11.3 Å². The standard InChI is InChI=1S/C16H19FN4O2S/c1-23-13-9-11(17)7-8-12(13)18-15(22)19-16-21-20-14(24-16)10-5-3-2-4-6-10/h7-10H,2-6H2,1H3,(H2,18,19,21,22). The number of anilines is 2. The molecule has 128 valence electrons. The van der Waals surface area contributed by atoms with Crippen molar-refractivity contribution >= 4 is 28.2 Å². The summed E-state index contributed by atoms with van der Waals surface area (Å²) in [7, 11) is 1.42. The minimum atomic E-state index is -0.466. The molecule has 8 heteroatoms. The largest absolute Gasteiger partial charge is 0.494 e. The predicted octanol–water partition coefficient (Wildman–Crippen LogP) is 4.38. The van der Waals surface area contributed by atoms with Crippen LogP contribution in [0.2, 0.25) is 0 Å². The van der Waals surface area contributed by atoms with Gasteiger partial charge in [-0.05, 0) is 25.0 Å². The Hall–Kier alpha value is -2.22. The van der Waals surface area contributed by atoms with Crippen molar-refractivity contribution in [3.8, 4) is 5.75 Å². The van der Waals surface area contributed by atoms with Crippen molar-refractivity contribution in [2.24, 2.45) is 0 Å². The molecule has 0 aliphatic heterocycles. The Morgan fingerprint density at radius 2 is 2.04 bits per heavy atom. The number of benzene rings is 1. The van der Waals surface area contributed by atoms with Crippen molar-refractivity contribution in [3.63, 3.8) is 0 Å². The Labute approximate surface area is 143 Å². The predicted molar refractivity (Wildman–Crippen MR) is 91.3 cm³/mol. The molecule has 1 aliphatic rings. The minimum Gasteiger partial charge on any atom is -0.494 e. The quantitative estimate of drug-likeness (QED) is 0.858. The van der Waals surface area contributed by atoms with Crippen molar-refractivity contribution < 1.29 is 13.9 Å². The maximum atomic E-state index is 13.2. The second-order valence-corrected chi connectivity index (χ2v) is 6.71. The van der Waals surface area contributed by atoms with Gasteiger partial charge in [0, 0.05) is 12.0 Å². The second kappa shape index (κ2) is 7.57. The van der Waals surface area contributed by atoms with E-state index < -0.39 is 11.8 Å². The molecule has 6 nitrogen and oxygen atoms in total. The first-order chi connectivity index (χ1) is 11.7. The van der Waals surface area contributed by atoms with Crippen molar-refractivity contribution in [1.82, 2.24) is 10.2 Å². The maximum Gasteiger partial charge on any atom is 0.325 e. The molecule has 1 aromatic carbocycles. The summed E-state index contributed by atoms with van der Waals surface area (Å²) in [5.74, 6) is 0.274. The van der Waals surface area contributed by atoms with Crippen LogP contribution in [0.15, 0.2) is 18.2 Å². The van der Waals surface area contributed by atoms with Gasteiger partial charge in [-0.25, -0.2) is 9.18 Å². The molecule has 0 unspecified atom stereocenters. The van der Waals surface area contributed by atoms with E-state index in [2.05, 4.69) is 20.8 Å². The Morgan fingerprint density at radius 1 is 1.25 bits per heavy atom.